The number of nitrogens with one attached hydrogen (secondary N) is 1. The first kappa shape index (κ1) is 19.6. The molecule has 0 spiro atoms. The van der Waals surface area contributed by atoms with Crippen molar-refractivity contribution < 1.29 is 19.1 Å². The lowest BCUT2D eigenvalue weighted by molar-refractivity contribution is -0.140. The summed E-state index contributed by atoms with van der Waals surface area (Å²) in [6.07, 6.45) is 2.41. The molecule has 2 atom stereocenters. The maximum absolute atomic E-state index is 12.3. The van der Waals surface area contributed by atoms with Crippen molar-refractivity contribution in [1.29, 1.82) is 0 Å². The second-order valence-corrected chi connectivity index (χ2v) is 7.34. The Morgan fingerprint density at radius 1 is 1.36 bits per heavy atom. The quantitative estimate of drug-likeness (QED) is 0.538. The predicted octanol–water partition coefficient (Wildman–Crippen LogP) is 1.41. The number of aliphatic imine (C=N–C) groups is 1. The Balaban J connectivity index is 1.99. The fraction of sp³-hybridized carbons (Fsp3) is 0.750. The SMILES string of the molecule is CCCCCOC(=O)CSC1=NC2C(C(=O)NC(=O)N2C)N1C(C)C. The normalized spacial score (nSPS) is 22.8. The van der Waals surface area contributed by atoms with E-state index in [1.807, 2.05) is 18.7 Å². The summed E-state index contributed by atoms with van der Waals surface area (Å²) < 4.78 is 5.20. The molecular weight excluding hydrogens is 344 g/mol. The summed E-state index contributed by atoms with van der Waals surface area (Å²) >= 11 is 1.25. The second-order valence-electron chi connectivity index (χ2n) is 6.39. The largest absolute Gasteiger partial charge is 0.465 e. The van der Waals surface area contributed by atoms with E-state index in [0.717, 1.165) is 19.3 Å². The van der Waals surface area contributed by atoms with Crippen LogP contribution in [0, 0.1) is 0 Å². The Morgan fingerprint density at radius 2 is 2.08 bits per heavy atom. The van der Waals surface area contributed by atoms with Gasteiger partial charge in [0.1, 0.15) is 0 Å². The number of esters is 1. The van der Waals surface area contributed by atoms with E-state index in [1.165, 1.54) is 16.7 Å². The number of fused-ring (bicyclic) bond motifs is 1. The van der Waals surface area contributed by atoms with Crippen LogP contribution in [0.1, 0.15) is 40.0 Å². The predicted molar refractivity (Wildman–Crippen MR) is 96.2 cm³/mol. The van der Waals surface area contributed by atoms with Crippen LogP contribution >= 0.6 is 11.8 Å². The molecule has 2 rings (SSSR count). The zero-order valence-corrected chi connectivity index (χ0v) is 16.0. The van der Waals surface area contributed by atoms with E-state index in [1.54, 1.807) is 7.05 Å². The molecule has 0 radical (unpaired) electrons. The minimum Gasteiger partial charge on any atom is -0.465 e. The van der Waals surface area contributed by atoms with Crippen molar-refractivity contribution >= 4 is 34.8 Å². The number of amidine groups is 1. The lowest BCUT2D eigenvalue weighted by Crippen LogP contribution is -2.64. The number of thioether (sulfide) groups is 1. The third kappa shape index (κ3) is 4.45. The van der Waals surface area contributed by atoms with E-state index in [9.17, 15) is 14.4 Å². The Morgan fingerprint density at radius 3 is 2.72 bits per heavy atom. The summed E-state index contributed by atoms with van der Waals surface area (Å²) in [5, 5.41) is 2.93. The van der Waals surface area contributed by atoms with Crippen LogP contribution in [0.15, 0.2) is 4.99 Å². The molecule has 2 unspecified atom stereocenters. The molecule has 0 bridgehead atoms. The van der Waals surface area contributed by atoms with Crippen molar-refractivity contribution in [2.75, 3.05) is 19.4 Å². The van der Waals surface area contributed by atoms with Gasteiger partial charge in [-0.15, -0.1) is 0 Å². The van der Waals surface area contributed by atoms with E-state index in [0.29, 0.717) is 11.8 Å². The van der Waals surface area contributed by atoms with E-state index in [-0.39, 0.29) is 23.7 Å². The highest BCUT2D eigenvalue weighted by atomic mass is 32.2. The van der Waals surface area contributed by atoms with Crippen LogP contribution in [-0.4, -0.2) is 70.5 Å². The summed E-state index contributed by atoms with van der Waals surface area (Å²) in [7, 11) is 1.61. The zero-order chi connectivity index (χ0) is 18.6. The van der Waals surface area contributed by atoms with Gasteiger partial charge in [-0.1, -0.05) is 31.5 Å². The molecular formula is C16H26N4O4S. The van der Waals surface area contributed by atoms with Gasteiger partial charge >= 0.3 is 12.0 Å². The average molecular weight is 370 g/mol. The molecule has 2 heterocycles. The summed E-state index contributed by atoms with van der Waals surface area (Å²) in [5.41, 5.74) is 0. The molecule has 9 heteroatoms. The van der Waals surface area contributed by atoms with Crippen LogP contribution in [0.3, 0.4) is 0 Å². The molecule has 1 saturated heterocycles. The lowest BCUT2D eigenvalue weighted by atomic mass is 10.1. The monoisotopic (exact) mass is 370 g/mol. The van der Waals surface area contributed by atoms with E-state index in [4.69, 9.17) is 4.74 Å². The van der Waals surface area contributed by atoms with E-state index < -0.39 is 18.2 Å². The van der Waals surface area contributed by atoms with Gasteiger partial charge < -0.3 is 14.5 Å². The third-order valence-electron chi connectivity index (χ3n) is 4.15. The first-order valence-electron chi connectivity index (χ1n) is 8.59. The molecule has 25 heavy (non-hydrogen) atoms. The molecule has 0 aromatic rings. The molecule has 0 aromatic heterocycles. The van der Waals surface area contributed by atoms with E-state index in [2.05, 4.69) is 17.2 Å². The third-order valence-corrected chi connectivity index (χ3v) is 5.10. The van der Waals surface area contributed by atoms with Crippen LogP contribution in [-0.2, 0) is 14.3 Å². The number of carbonyl (C=O) groups is 3. The van der Waals surface area contributed by atoms with Gasteiger partial charge in [0.15, 0.2) is 17.4 Å². The zero-order valence-electron chi connectivity index (χ0n) is 15.2. The maximum atomic E-state index is 12.3. The summed E-state index contributed by atoms with van der Waals surface area (Å²) in [6.45, 7) is 6.42. The fourth-order valence-electron chi connectivity index (χ4n) is 2.82. The van der Waals surface area contributed by atoms with Gasteiger partial charge in [0, 0.05) is 13.1 Å². The number of hydrogen-bond donors (Lipinski definition) is 1. The van der Waals surface area contributed by atoms with Gasteiger partial charge in [0.05, 0.1) is 12.4 Å². The average Bonchev–Trinajstić information content (AvgIpc) is 2.95. The smallest absolute Gasteiger partial charge is 0.325 e. The molecule has 0 saturated carbocycles. The van der Waals surface area contributed by atoms with Crippen molar-refractivity contribution in [3.05, 3.63) is 0 Å². The number of hydrogen-bond acceptors (Lipinski definition) is 7. The van der Waals surface area contributed by atoms with Crippen LogP contribution < -0.4 is 5.32 Å². The molecule has 140 valence electrons. The van der Waals surface area contributed by atoms with Crippen molar-refractivity contribution in [3.63, 3.8) is 0 Å². The highest BCUT2D eigenvalue weighted by Crippen LogP contribution is 2.30. The van der Waals surface area contributed by atoms with Crippen LogP contribution in [0.4, 0.5) is 4.79 Å². The minimum atomic E-state index is -0.564. The molecule has 2 aliphatic heterocycles. The Kier molecular flexibility index (Phi) is 6.69. The first-order chi connectivity index (χ1) is 11.9. The highest BCUT2D eigenvalue weighted by Gasteiger charge is 2.49. The number of rotatable bonds is 7. The van der Waals surface area contributed by atoms with Gasteiger partial charge in [-0.3, -0.25) is 14.9 Å². The molecule has 2 aliphatic rings. The number of imide groups is 1. The molecule has 0 aliphatic carbocycles. The fourth-order valence-corrected chi connectivity index (χ4v) is 3.80. The molecule has 1 N–H and O–H groups in total. The van der Waals surface area contributed by atoms with E-state index >= 15 is 0 Å². The van der Waals surface area contributed by atoms with Crippen molar-refractivity contribution in [2.24, 2.45) is 4.99 Å². The topological polar surface area (TPSA) is 91.3 Å². The van der Waals surface area contributed by atoms with Crippen molar-refractivity contribution in [2.45, 2.75) is 58.3 Å². The summed E-state index contributed by atoms with van der Waals surface area (Å²) in [5.74, 6) is -0.521. The first-order valence-corrected chi connectivity index (χ1v) is 9.57. The highest BCUT2D eigenvalue weighted by molar-refractivity contribution is 8.14. The number of unbranched alkanes of at least 4 members (excludes halogenated alkanes) is 2. The lowest BCUT2D eigenvalue weighted by Gasteiger charge is -2.37. The van der Waals surface area contributed by atoms with Crippen LogP contribution in [0.2, 0.25) is 0 Å². The second kappa shape index (κ2) is 8.55. The van der Waals surface area contributed by atoms with Crippen LogP contribution in [0.5, 0.6) is 0 Å². The number of nitrogens with zero attached hydrogens (tertiary/aromatic N) is 3. The number of carbonyl (C=O) groups excluding carboxylic acids is 3. The molecule has 8 nitrogen and oxygen atoms in total. The Bertz CT molecular complexity index is 566. The molecule has 3 amide bonds. The van der Waals surface area contributed by atoms with Gasteiger partial charge in [-0.25, -0.2) is 9.79 Å². The number of urea groups is 1. The maximum Gasteiger partial charge on any atom is 0.325 e. The number of amides is 3. The van der Waals surface area contributed by atoms with Gasteiger partial charge in [-0.05, 0) is 20.3 Å². The standard InChI is InChI=1S/C16H26N4O4S/c1-5-6-7-8-24-11(21)9-25-16-17-13-12(20(16)10(2)3)14(22)18-15(23)19(13)4/h10,12-13H,5-9H2,1-4H3,(H,18,22,23). The van der Waals surface area contributed by atoms with Gasteiger partial charge in [-0.2, -0.15) is 0 Å². The Labute approximate surface area is 152 Å². The van der Waals surface area contributed by atoms with Gasteiger partial charge in [0.25, 0.3) is 5.91 Å². The number of ether oxygens (including phenoxy) is 1. The van der Waals surface area contributed by atoms with Crippen molar-refractivity contribution in [3.8, 4) is 0 Å². The summed E-state index contributed by atoms with van der Waals surface area (Å²) in [4.78, 5) is 43.7. The minimum absolute atomic E-state index is 0.00850. The van der Waals surface area contributed by atoms with Gasteiger partial charge in [0.2, 0.25) is 0 Å². The number of likely N-dealkylation sites (N-methyl/N-ethyl adjacent to an activating group) is 1. The van der Waals surface area contributed by atoms with Crippen molar-refractivity contribution in [1.82, 2.24) is 15.1 Å². The Hall–Kier alpha value is -1.77. The summed E-state index contributed by atoms with van der Waals surface area (Å²) in [6, 6.07) is -1.01. The van der Waals surface area contributed by atoms with Crippen LogP contribution in [0.25, 0.3) is 0 Å². The molecule has 0 aromatic carbocycles. The molecule has 1 fully saturated rings.